The van der Waals surface area contributed by atoms with Gasteiger partial charge in [-0.3, -0.25) is 4.79 Å². The molecule has 1 saturated heterocycles. The van der Waals surface area contributed by atoms with E-state index in [1.165, 1.54) is 0 Å². The van der Waals surface area contributed by atoms with E-state index in [1.54, 1.807) is 6.92 Å². The number of cyclic esters (lactones) is 2. The van der Waals surface area contributed by atoms with Crippen LogP contribution >= 0.6 is 0 Å². The highest BCUT2D eigenvalue weighted by Gasteiger charge is 2.35. The van der Waals surface area contributed by atoms with Crippen molar-refractivity contribution in [2.75, 3.05) is 13.2 Å². The number of hydrogen-bond donors (Lipinski definition) is 0. The SMILES string of the molecule is C#CCOC(=O)C1COC(=O)OC1C. The van der Waals surface area contributed by atoms with Crippen LogP contribution in [0, 0.1) is 18.3 Å². The molecule has 5 heteroatoms. The molecule has 0 bridgehead atoms. The fraction of sp³-hybridized carbons (Fsp3) is 0.556. The van der Waals surface area contributed by atoms with E-state index < -0.39 is 24.1 Å². The second-order valence-electron chi connectivity index (χ2n) is 2.80. The third kappa shape index (κ3) is 2.39. The van der Waals surface area contributed by atoms with Crippen LogP contribution in [0.2, 0.25) is 0 Å². The summed E-state index contributed by atoms with van der Waals surface area (Å²) in [6.45, 7) is 1.49. The van der Waals surface area contributed by atoms with Crippen molar-refractivity contribution in [1.82, 2.24) is 0 Å². The molecule has 2 atom stereocenters. The molecule has 5 nitrogen and oxygen atoms in total. The van der Waals surface area contributed by atoms with Crippen LogP contribution in [-0.2, 0) is 19.0 Å². The minimum Gasteiger partial charge on any atom is -0.452 e. The molecule has 1 heterocycles. The van der Waals surface area contributed by atoms with Crippen molar-refractivity contribution in [3.63, 3.8) is 0 Å². The van der Waals surface area contributed by atoms with Gasteiger partial charge < -0.3 is 14.2 Å². The topological polar surface area (TPSA) is 61.8 Å². The van der Waals surface area contributed by atoms with Gasteiger partial charge in [0.2, 0.25) is 0 Å². The van der Waals surface area contributed by atoms with Crippen molar-refractivity contribution in [3.05, 3.63) is 0 Å². The number of carbonyl (C=O) groups is 2. The first-order valence-electron chi connectivity index (χ1n) is 4.08. The molecule has 0 N–H and O–H groups in total. The van der Waals surface area contributed by atoms with Gasteiger partial charge in [-0.05, 0) is 6.92 Å². The number of esters is 1. The number of carbonyl (C=O) groups excluding carboxylic acids is 2. The second-order valence-corrected chi connectivity index (χ2v) is 2.80. The van der Waals surface area contributed by atoms with Crippen LogP contribution in [-0.4, -0.2) is 31.4 Å². The summed E-state index contributed by atoms with van der Waals surface area (Å²) in [7, 11) is 0. The Morgan fingerprint density at radius 2 is 2.50 bits per heavy atom. The van der Waals surface area contributed by atoms with Gasteiger partial charge in [-0.15, -0.1) is 6.42 Å². The van der Waals surface area contributed by atoms with Crippen molar-refractivity contribution in [2.45, 2.75) is 13.0 Å². The molecule has 0 spiro atoms. The quantitative estimate of drug-likeness (QED) is 0.472. The van der Waals surface area contributed by atoms with Gasteiger partial charge in [-0.1, -0.05) is 5.92 Å². The van der Waals surface area contributed by atoms with Crippen molar-refractivity contribution < 1.29 is 23.8 Å². The zero-order chi connectivity index (χ0) is 10.6. The molecule has 0 aromatic carbocycles. The number of terminal acetylenes is 1. The number of ether oxygens (including phenoxy) is 3. The fourth-order valence-electron chi connectivity index (χ4n) is 1.04. The summed E-state index contributed by atoms with van der Waals surface area (Å²) in [4.78, 5) is 21.9. The standard InChI is InChI=1S/C9H10O5/c1-3-4-12-8(10)7-5-13-9(11)14-6(7)2/h1,6-7H,4-5H2,2H3. The largest absolute Gasteiger partial charge is 0.508 e. The van der Waals surface area contributed by atoms with Gasteiger partial charge in [-0.2, -0.15) is 0 Å². The first kappa shape index (κ1) is 10.4. The Morgan fingerprint density at radius 3 is 3.07 bits per heavy atom. The van der Waals surface area contributed by atoms with E-state index in [1.807, 2.05) is 0 Å². The van der Waals surface area contributed by atoms with Crippen LogP contribution in [0.1, 0.15) is 6.92 Å². The van der Waals surface area contributed by atoms with E-state index >= 15 is 0 Å². The van der Waals surface area contributed by atoms with Gasteiger partial charge in [0, 0.05) is 0 Å². The minimum atomic E-state index is -0.765. The van der Waals surface area contributed by atoms with E-state index in [-0.39, 0.29) is 13.2 Å². The Labute approximate surface area is 81.3 Å². The van der Waals surface area contributed by atoms with E-state index in [9.17, 15) is 9.59 Å². The maximum absolute atomic E-state index is 11.3. The average Bonchev–Trinajstić information content (AvgIpc) is 2.14. The number of hydrogen-bond acceptors (Lipinski definition) is 5. The van der Waals surface area contributed by atoms with E-state index in [2.05, 4.69) is 20.1 Å². The molecule has 76 valence electrons. The van der Waals surface area contributed by atoms with Gasteiger partial charge in [0.15, 0.2) is 6.61 Å². The first-order chi connectivity index (χ1) is 6.65. The molecule has 1 aliphatic heterocycles. The molecular weight excluding hydrogens is 188 g/mol. The molecule has 2 unspecified atom stereocenters. The van der Waals surface area contributed by atoms with Crippen LogP contribution in [0.3, 0.4) is 0 Å². The molecule has 1 aliphatic rings. The Morgan fingerprint density at radius 1 is 1.79 bits per heavy atom. The summed E-state index contributed by atoms with van der Waals surface area (Å²) in [6, 6.07) is 0. The molecule has 0 aromatic rings. The van der Waals surface area contributed by atoms with E-state index in [0.29, 0.717) is 0 Å². The Bertz CT molecular complexity index is 277. The van der Waals surface area contributed by atoms with Gasteiger partial charge >= 0.3 is 12.1 Å². The molecule has 14 heavy (non-hydrogen) atoms. The van der Waals surface area contributed by atoms with Crippen molar-refractivity contribution in [3.8, 4) is 12.3 Å². The summed E-state index contributed by atoms with van der Waals surface area (Å²) < 4.78 is 13.9. The molecular formula is C9H10O5. The van der Waals surface area contributed by atoms with Gasteiger partial charge in [0.1, 0.15) is 18.6 Å². The normalized spacial score (nSPS) is 25.6. The zero-order valence-electron chi connectivity index (χ0n) is 7.69. The Balaban J connectivity index is 2.48. The summed E-state index contributed by atoms with van der Waals surface area (Å²) in [5.74, 6) is 1.06. The molecule has 0 amide bonds. The molecule has 0 aromatic heterocycles. The average molecular weight is 198 g/mol. The number of rotatable bonds is 2. The highest BCUT2D eigenvalue weighted by molar-refractivity contribution is 5.75. The smallest absolute Gasteiger partial charge is 0.452 e. The maximum atomic E-state index is 11.3. The van der Waals surface area contributed by atoms with Crippen LogP contribution < -0.4 is 0 Å². The predicted molar refractivity (Wildman–Crippen MR) is 45.2 cm³/mol. The van der Waals surface area contributed by atoms with Crippen LogP contribution in [0.15, 0.2) is 0 Å². The second kappa shape index (κ2) is 4.51. The minimum absolute atomic E-state index is 0.0244. The van der Waals surface area contributed by atoms with E-state index in [0.717, 1.165) is 0 Å². The third-order valence-corrected chi connectivity index (χ3v) is 1.83. The zero-order valence-corrected chi connectivity index (χ0v) is 7.69. The lowest BCUT2D eigenvalue weighted by molar-refractivity contribution is -0.158. The third-order valence-electron chi connectivity index (χ3n) is 1.83. The molecule has 0 radical (unpaired) electrons. The lowest BCUT2D eigenvalue weighted by atomic mass is 10.0. The molecule has 0 aliphatic carbocycles. The maximum Gasteiger partial charge on any atom is 0.508 e. The molecule has 1 fully saturated rings. The van der Waals surface area contributed by atoms with Gasteiger partial charge in [0.05, 0.1) is 0 Å². The van der Waals surface area contributed by atoms with Crippen LogP contribution in [0.4, 0.5) is 4.79 Å². The van der Waals surface area contributed by atoms with E-state index in [4.69, 9.17) is 6.42 Å². The Hall–Kier alpha value is -1.70. The summed E-state index contributed by atoms with van der Waals surface area (Å²) in [5, 5.41) is 0. The van der Waals surface area contributed by atoms with Crippen molar-refractivity contribution in [1.29, 1.82) is 0 Å². The van der Waals surface area contributed by atoms with Crippen molar-refractivity contribution >= 4 is 12.1 Å². The monoisotopic (exact) mass is 198 g/mol. The van der Waals surface area contributed by atoms with Gasteiger partial charge in [-0.25, -0.2) is 4.79 Å². The van der Waals surface area contributed by atoms with Gasteiger partial charge in [0.25, 0.3) is 0 Å². The summed E-state index contributed by atoms with van der Waals surface area (Å²) in [5.41, 5.74) is 0. The summed E-state index contributed by atoms with van der Waals surface area (Å²) >= 11 is 0. The molecule has 0 saturated carbocycles. The highest BCUT2D eigenvalue weighted by Crippen LogP contribution is 2.16. The molecule has 1 rings (SSSR count). The lowest BCUT2D eigenvalue weighted by Crippen LogP contribution is -2.40. The lowest BCUT2D eigenvalue weighted by Gasteiger charge is -2.26. The summed E-state index contributed by atoms with van der Waals surface area (Å²) in [6.07, 6.45) is 3.61. The van der Waals surface area contributed by atoms with Crippen molar-refractivity contribution in [2.24, 2.45) is 5.92 Å². The van der Waals surface area contributed by atoms with Crippen LogP contribution in [0.25, 0.3) is 0 Å². The first-order valence-corrected chi connectivity index (χ1v) is 4.08. The highest BCUT2D eigenvalue weighted by atomic mass is 16.7. The van der Waals surface area contributed by atoms with Crippen LogP contribution in [0.5, 0.6) is 0 Å². The fourth-order valence-corrected chi connectivity index (χ4v) is 1.04. The Kier molecular flexibility index (Phi) is 3.35. The predicted octanol–water partition coefficient (Wildman–Crippen LogP) is 0.334.